The summed E-state index contributed by atoms with van der Waals surface area (Å²) in [6.45, 7) is 4.09. The predicted molar refractivity (Wildman–Crippen MR) is 127 cm³/mol. The number of benzene rings is 1. The summed E-state index contributed by atoms with van der Waals surface area (Å²) in [4.78, 5) is 40.9. The van der Waals surface area contributed by atoms with Gasteiger partial charge in [0.1, 0.15) is 11.7 Å². The second-order valence-corrected chi connectivity index (χ2v) is 9.12. The third-order valence-electron chi connectivity index (χ3n) is 6.32. The first-order valence-electron chi connectivity index (χ1n) is 11.1. The SMILES string of the molecule is CCOc1ccccc1[C@@H]1C(C(=O)OC)=C(C)NC2=C1C(=O)[C@@H](C(=O)OC)[C@H](c1cccs1)C2. The molecule has 1 aliphatic carbocycles. The number of hydrogen-bond donors (Lipinski definition) is 1. The number of carbonyl (C=O) groups is 3. The maximum atomic E-state index is 14.1. The number of ether oxygens (including phenoxy) is 3. The van der Waals surface area contributed by atoms with Crippen LogP contribution in [0.25, 0.3) is 0 Å². The molecule has 0 fully saturated rings. The van der Waals surface area contributed by atoms with E-state index in [2.05, 4.69) is 5.32 Å². The summed E-state index contributed by atoms with van der Waals surface area (Å²) in [5.41, 5.74) is 2.67. The van der Waals surface area contributed by atoms with Gasteiger partial charge in [-0.2, -0.15) is 0 Å². The molecule has 178 valence electrons. The molecule has 0 saturated heterocycles. The van der Waals surface area contributed by atoms with E-state index < -0.39 is 23.8 Å². The third-order valence-corrected chi connectivity index (χ3v) is 7.32. The summed E-state index contributed by atoms with van der Waals surface area (Å²) in [6, 6.07) is 11.2. The van der Waals surface area contributed by atoms with Gasteiger partial charge in [0.25, 0.3) is 0 Å². The smallest absolute Gasteiger partial charge is 0.336 e. The molecule has 3 atom stereocenters. The van der Waals surface area contributed by atoms with Crippen LogP contribution in [0.3, 0.4) is 0 Å². The number of carbonyl (C=O) groups excluding carboxylic acids is 3. The van der Waals surface area contributed by atoms with Crippen molar-refractivity contribution in [1.82, 2.24) is 5.32 Å². The van der Waals surface area contributed by atoms with Gasteiger partial charge in [-0.1, -0.05) is 24.3 Å². The average Bonchev–Trinajstić information content (AvgIpc) is 3.38. The van der Waals surface area contributed by atoms with Crippen LogP contribution in [0.2, 0.25) is 0 Å². The highest BCUT2D eigenvalue weighted by atomic mass is 32.1. The second kappa shape index (κ2) is 9.85. The monoisotopic (exact) mass is 481 g/mol. The number of dihydropyridines is 1. The Labute approximate surface area is 202 Å². The zero-order valence-corrected chi connectivity index (χ0v) is 20.4. The van der Waals surface area contributed by atoms with Crippen molar-refractivity contribution < 1.29 is 28.6 Å². The van der Waals surface area contributed by atoms with Crippen molar-refractivity contribution in [2.75, 3.05) is 20.8 Å². The Kier molecular flexibility index (Phi) is 6.88. The average molecular weight is 482 g/mol. The first-order chi connectivity index (χ1) is 16.4. The quantitative estimate of drug-likeness (QED) is 0.491. The number of thiophene rings is 1. The van der Waals surface area contributed by atoms with Gasteiger partial charge in [-0.25, -0.2) is 4.79 Å². The number of hydrogen-bond acceptors (Lipinski definition) is 8. The highest BCUT2D eigenvalue weighted by Gasteiger charge is 2.49. The fraction of sp³-hybridized carbons (Fsp3) is 0.346. The number of nitrogens with one attached hydrogen (secondary N) is 1. The largest absolute Gasteiger partial charge is 0.494 e. The number of rotatable bonds is 6. The molecule has 1 N–H and O–H groups in total. The highest BCUT2D eigenvalue weighted by Crippen LogP contribution is 2.50. The van der Waals surface area contributed by atoms with Crippen LogP contribution in [0, 0.1) is 5.92 Å². The molecule has 0 unspecified atom stereocenters. The Bertz CT molecular complexity index is 1180. The standard InChI is InChI=1S/C26H27NO6S/c1-5-33-18-10-7-6-9-15(18)21-20(25(29)31-3)14(2)27-17-13-16(19-11-8-12-34-19)22(26(30)32-4)24(28)23(17)21/h6-12,16,21-22,27H,5,13H2,1-4H3/t16-,21+,22-/m0/s1. The van der Waals surface area contributed by atoms with Crippen LogP contribution in [-0.4, -0.2) is 38.5 Å². The van der Waals surface area contributed by atoms with Gasteiger partial charge in [-0.15, -0.1) is 11.3 Å². The van der Waals surface area contributed by atoms with Crippen molar-refractivity contribution in [2.45, 2.75) is 32.1 Å². The molecule has 2 aromatic rings. The normalized spacial score (nSPS) is 22.1. The van der Waals surface area contributed by atoms with Crippen molar-refractivity contribution in [3.63, 3.8) is 0 Å². The minimum atomic E-state index is -1.01. The van der Waals surface area contributed by atoms with Gasteiger partial charge in [0.05, 0.1) is 32.3 Å². The van der Waals surface area contributed by atoms with Gasteiger partial charge in [0.15, 0.2) is 5.78 Å². The van der Waals surface area contributed by atoms with E-state index in [0.717, 1.165) is 4.88 Å². The molecule has 0 spiro atoms. The third kappa shape index (κ3) is 4.03. The van der Waals surface area contributed by atoms with Crippen molar-refractivity contribution >= 4 is 29.1 Å². The Morgan fingerprint density at radius 3 is 2.53 bits per heavy atom. The molecule has 1 aliphatic heterocycles. The van der Waals surface area contributed by atoms with Crippen molar-refractivity contribution in [1.29, 1.82) is 0 Å². The lowest BCUT2D eigenvalue weighted by molar-refractivity contribution is -0.149. The molecular weight excluding hydrogens is 454 g/mol. The molecule has 34 heavy (non-hydrogen) atoms. The summed E-state index contributed by atoms with van der Waals surface area (Å²) in [7, 11) is 2.60. The van der Waals surface area contributed by atoms with Gasteiger partial charge < -0.3 is 19.5 Å². The number of Topliss-reactive ketones (excluding diaryl/α,β-unsaturated/α-hetero) is 1. The van der Waals surface area contributed by atoms with Gasteiger partial charge in [0.2, 0.25) is 0 Å². The zero-order chi connectivity index (χ0) is 24.4. The van der Waals surface area contributed by atoms with E-state index in [0.29, 0.717) is 46.9 Å². The van der Waals surface area contributed by atoms with E-state index in [1.54, 1.807) is 6.92 Å². The molecule has 0 radical (unpaired) electrons. The first kappa shape index (κ1) is 23.8. The molecule has 0 saturated carbocycles. The lowest BCUT2D eigenvalue weighted by Gasteiger charge is -2.39. The zero-order valence-electron chi connectivity index (χ0n) is 19.5. The van der Waals surface area contributed by atoms with E-state index in [4.69, 9.17) is 14.2 Å². The van der Waals surface area contributed by atoms with Crippen LogP contribution >= 0.6 is 11.3 Å². The van der Waals surface area contributed by atoms with Crippen LogP contribution in [-0.2, 0) is 23.9 Å². The maximum absolute atomic E-state index is 14.1. The topological polar surface area (TPSA) is 90.9 Å². The Balaban J connectivity index is 1.94. The fourth-order valence-corrected chi connectivity index (χ4v) is 5.76. The Morgan fingerprint density at radius 2 is 1.88 bits per heavy atom. The summed E-state index contributed by atoms with van der Waals surface area (Å²) in [5.74, 6) is -3.03. The molecule has 7 nitrogen and oxygen atoms in total. The fourth-order valence-electron chi connectivity index (χ4n) is 4.90. The van der Waals surface area contributed by atoms with E-state index >= 15 is 0 Å². The van der Waals surface area contributed by atoms with E-state index in [-0.39, 0.29) is 11.7 Å². The van der Waals surface area contributed by atoms with Gasteiger partial charge in [-0.3, -0.25) is 9.59 Å². The molecular formula is C26H27NO6S. The van der Waals surface area contributed by atoms with Crippen LogP contribution in [0.1, 0.15) is 42.5 Å². The van der Waals surface area contributed by atoms with Crippen molar-refractivity contribution in [3.05, 3.63) is 74.8 Å². The van der Waals surface area contributed by atoms with Gasteiger partial charge in [-0.05, 0) is 37.8 Å². The number of esters is 2. The number of methoxy groups -OCH3 is 2. The summed E-state index contributed by atoms with van der Waals surface area (Å²) in [6.07, 6.45) is 0.431. The Hall–Kier alpha value is -3.39. The molecule has 2 aliphatic rings. The van der Waals surface area contributed by atoms with Crippen LogP contribution < -0.4 is 10.1 Å². The summed E-state index contributed by atoms with van der Waals surface area (Å²) < 4.78 is 16.0. The van der Waals surface area contributed by atoms with Gasteiger partial charge >= 0.3 is 11.9 Å². The lowest BCUT2D eigenvalue weighted by atomic mass is 9.68. The summed E-state index contributed by atoms with van der Waals surface area (Å²) in [5, 5.41) is 5.21. The Morgan fingerprint density at radius 1 is 1.12 bits per heavy atom. The van der Waals surface area contributed by atoms with Crippen LogP contribution in [0.15, 0.2) is 64.3 Å². The molecule has 4 rings (SSSR count). The molecule has 2 heterocycles. The van der Waals surface area contributed by atoms with E-state index in [9.17, 15) is 14.4 Å². The minimum absolute atomic E-state index is 0.319. The molecule has 0 amide bonds. The van der Waals surface area contributed by atoms with Crippen molar-refractivity contribution in [2.24, 2.45) is 5.92 Å². The molecule has 1 aromatic carbocycles. The second-order valence-electron chi connectivity index (χ2n) is 8.14. The molecule has 8 heteroatoms. The van der Waals surface area contributed by atoms with Crippen LogP contribution in [0.5, 0.6) is 5.75 Å². The van der Waals surface area contributed by atoms with E-state index in [1.165, 1.54) is 25.6 Å². The van der Waals surface area contributed by atoms with Gasteiger partial charge in [0, 0.05) is 33.3 Å². The lowest BCUT2D eigenvalue weighted by Crippen LogP contribution is -2.43. The van der Waals surface area contributed by atoms with Crippen LogP contribution in [0.4, 0.5) is 0 Å². The number of allylic oxidation sites excluding steroid dienone is 3. The number of para-hydroxylation sites is 1. The van der Waals surface area contributed by atoms with Crippen molar-refractivity contribution in [3.8, 4) is 5.75 Å². The molecule has 1 aromatic heterocycles. The molecule has 0 bridgehead atoms. The van der Waals surface area contributed by atoms with E-state index in [1.807, 2.05) is 48.7 Å². The maximum Gasteiger partial charge on any atom is 0.336 e. The minimum Gasteiger partial charge on any atom is -0.494 e. The number of ketones is 1. The first-order valence-corrected chi connectivity index (χ1v) is 12.0. The summed E-state index contributed by atoms with van der Waals surface area (Å²) >= 11 is 1.50. The highest BCUT2D eigenvalue weighted by molar-refractivity contribution is 7.10. The predicted octanol–water partition coefficient (Wildman–Crippen LogP) is 4.08.